The summed E-state index contributed by atoms with van der Waals surface area (Å²) in [4.78, 5) is 0. The highest BCUT2D eigenvalue weighted by atomic mass is 14.2. The Kier molecular flexibility index (Phi) is 2.28. The second-order valence-corrected chi connectivity index (χ2v) is 6.92. The molecule has 112 valence electrons. The molecule has 0 spiro atoms. The van der Waals surface area contributed by atoms with Crippen molar-refractivity contribution in [3.05, 3.63) is 83.9 Å². The third-order valence-corrected chi connectivity index (χ3v) is 5.67. The minimum Gasteiger partial charge on any atom is -0.0616 e. The van der Waals surface area contributed by atoms with Gasteiger partial charge in [0.25, 0.3) is 0 Å². The molecule has 24 heavy (non-hydrogen) atoms. The second-order valence-electron chi connectivity index (χ2n) is 6.92. The zero-order valence-electron chi connectivity index (χ0n) is 13.3. The molecule has 0 aliphatic heterocycles. The van der Waals surface area contributed by atoms with E-state index in [9.17, 15) is 0 Å². The molecular weight excluding hydrogens is 288 g/mol. The van der Waals surface area contributed by atoms with Crippen molar-refractivity contribution in [3.8, 4) is 0 Å². The van der Waals surface area contributed by atoms with E-state index in [1.165, 1.54) is 54.2 Å². The Morgan fingerprint density at radius 1 is 0.458 bits per heavy atom. The molecule has 0 unspecified atom stereocenters. The summed E-state index contributed by atoms with van der Waals surface area (Å²) < 4.78 is 0. The average Bonchev–Trinajstić information content (AvgIpc) is 2.65. The normalized spacial score (nSPS) is 13.5. The van der Waals surface area contributed by atoms with Crippen LogP contribution in [0.3, 0.4) is 0 Å². The lowest BCUT2D eigenvalue weighted by molar-refractivity contribution is 0.972. The quantitative estimate of drug-likeness (QED) is 0.290. The van der Waals surface area contributed by atoms with Crippen LogP contribution in [0.2, 0.25) is 0 Å². The van der Waals surface area contributed by atoms with E-state index in [0.29, 0.717) is 0 Å². The SMILES string of the molecule is c1ccc2c(c1)cc1c3c2ccc2c4ccccc4cc(c23)CC1. The highest BCUT2D eigenvalue weighted by Gasteiger charge is 2.18. The van der Waals surface area contributed by atoms with Crippen LogP contribution in [-0.4, -0.2) is 0 Å². The van der Waals surface area contributed by atoms with E-state index in [1.54, 1.807) is 0 Å². The van der Waals surface area contributed by atoms with Gasteiger partial charge in [-0.05, 0) is 67.1 Å². The van der Waals surface area contributed by atoms with Gasteiger partial charge in [-0.1, -0.05) is 72.8 Å². The molecule has 0 radical (unpaired) electrons. The van der Waals surface area contributed by atoms with Crippen molar-refractivity contribution in [1.29, 1.82) is 0 Å². The lowest BCUT2D eigenvalue weighted by atomic mass is 9.82. The van der Waals surface area contributed by atoms with Crippen molar-refractivity contribution < 1.29 is 0 Å². The second kappa shape index (κ2) is 4.36. The molecule has 6 rings (SSSR count). The fourth-order valence-corrected chi connectivity index (χ4v) is 4.64. The topological polar surface area (TPSA) is 0 Å². The average molecular weight is 304 g/mol. The number of hydrogen-bond donors (Lipinski definition) is 0. The fraction of sp³-hybridized carbons (Fsp3) is 0.0833. The molecule has 0 fully saturated rings. The molecule has 5 aromatic carbocycles. The van der Waals surface area contributed by atoms with Crippen molar-refractivity contribution in [3.63, 3.8) is 0 Å². The molecule has 0 saturated heterocycles. The van der Waals surface area contributed by atoms with Crippen LogP contribution in [0.4, 0.5) is 0 Å². The molecule has 0 bridgehead atoms. The van der Waals surface area contributed by atoms with E-state index >= 15 is 0 Å². The number of rotatable bonds is 0. The van der Waals surface area contributed by atoms with E-state index in [1.807, 2.05) is 0 Å². The molecule has 0 atom stereocenters. The third-order valence-electron chi connectivity index (χ3n) is 5.67. The number of aryl methyl sites for hydroxylation is 2. The summed E-state index contributed by atoms with van der Waals surface area (Å²) >= 11 is 0. The van der Waals surface area contributed by atoms with Gasteiger partial charge in [-0.3, -0.25) is 0 Å². The summed E-state index contributed by atoms with van der Waals surface area (Å²) in [6.07, 6.45) is 2.29. The molecule has 0 amide bonds. The summed E-state index contributed by atoms with van der Waals surface area (Å²) in [6, 6.07) is 27.1. The van der Waals surface area contributed by atoms with Crippen molar-refractivity contribution >= 4 is 43.1 Å². The standard InChI is InChI=1S/C24H16/c1-3-7-19-15(5-1)13-17-9-10-18-14-16-6-2-4-8-20(16)22-12-11-21(19)23(17)24(18)22/h1-8,11-14H,9-10H2. The largest absolute Gasteiger partial charge is 0.0616 e. The van der Waals surface area contributed by atoms with Gasteiger partial charge in [0.05, 0.1) is 0 Å². The molecule has 1 aliphatic carbocycles. The minimum atomic E-state index is 1.14. The highest BCUT2D eigenvalue weighted by Crippen LogP contribution is 2.41. The first-order valence-electron chi connectivity index (χ1n) is 8.68. The monoisotopic (exact) mass is 304 g/mol. The maximum Gasteiger partial charge on any atom is -0.00637 e. The maximum absolute atomic E-state index is 2.41. The highest BCUT2D eigenvalue weighted by molar-refractivity contribution is 6.24. The molecular formula is C24H16. The van der Waals surface area contributed by atoms with Gasteiger partial charge < -0.3 is 0 Å². The predicted molar refractivity (Wildman–Crippen MR) is 104 cm³/mol. The molecule has 0 N–H and O–H groups in total. The number of benzene rings is 5. The van der Waals surface area contributed by atoms with Gasteiger partial charge >= 0.3 is 0 Å². The Morgan fingerprint density at radius 3 is 1.42 bits per heavy atom. The van der Waals surface area contributed by atoms with Gasteiger partial charge in [-0.2, -0.15) is 0 Å². The minimum absolute atomic E-state index is 1.14. The van der Waals surface area contributed by atoms with Crippen LogP contribution in [0.1, 0.15) is 11.1 Å². The van der Waals surface area contributed by atoms with Gasteiger partial charge in [-0.15, -0.1) is 0 Å². The molecule has 0 heteroatoms. The molecule has 0 saturated carbocycles. The van der Waals surface area contributed by atoms with Crippen LogP contribution in [-0.2, 0) is 12.8 Å². The van der Waals surface area contributed by atoms with Crippen molar-refractivity contribution in [1.82, 2.24) is 0 Å². The van der Waals surface area contributed by atoms with Crippen molar-refractivity contribution in [2.24, 2.45) is 0 Å². The molecule has 0 heterocycles. The van der Waals surface area contributed by atoms with Crippen molar-refractivity contribution in [2.75, 3.05) is 0 Å². The molecule has 1 aliphatic rings. The first-order valence-corrected chi connectivity index (χ1v) is 8.68. The molecule has 5 aromatic rings. The van der Waals surface area contributed by atoms with Gasteiger partial charge in [0, 0.05) is 0 Å². The van der Waals surface area contributed by atoms with E-state index in [-0.39, 0.29) is 0 Å². The Balaban J connectivity index is 1.96. The Morgan fingerprint density at radius 2 is 0.917 bits per heavy atom. The zero-order valence-corrected chi connectivity index (χ0v) is 13.3. The van der Waals surface area contributed by atoms with Crippen LogP contribution in [0.5, 0.6) is 0 Å². The predicted octanol–water partition coefficient (Wildman–Crippen LogP) is 6.40. The van der Waals surface area contributed by atoms with E-state index < -0.39 is 0 Å². The van der Waals surface area contributed by atoms with Crippen molar-refractivity contribution in [2.45, 2.75) is 12.8 Å². The zero-order chi connectivity index (χ0) is 15.7. The first-order chi connectivity index (χ1) is 11.9. The number of hydrogen-bond acceptors (Lipinski definition) is 0. The van der Waals surface area contributed by atoms with Gasteiger partial charge in [0.1, 0.15) is 0 Å². The fourth-order valence-electron chi connectivity index (χ4n) is 4.64. The van der Waals surface area contributed by atoms with E-state index in [4.69, 9.17) is 0 Å². The van der Waals surface area contributed by atoms with Crippen LogP contribution in [0.15, 0.2) is 72.8 Å². The molecule has 0 nitrogen and oxygen atoms in total. The van der Waals surface area contributed by atoms with Gasteiger partial charge in [0.2, 0.25) is 0 Å². The van der Waals surface area contributed by atoms with Crippen LogP contribution in [0, 0.1) is 0 Å². The maximum atomic E-state index is 2.41. The van der Waals surface area contributed by atoms with Gasteiger partial charge in [0.15, 0.2) is 0 Å². The van der Waals surface area contributed by atoms with Gasteiger partial charge in [-0.25, -0.2) is 0 Å². The lowest BCUT2D eigenvalue weighted by Crippen LogP contribution is -2.02. The lowest BCUT2D eigenvalue weighted by Gasteiger charge is -2.21. The van der Waals surface area contributed by atoms with Crippen LogP contribution < -0.4 is 0 Å². The molecule has 0 aromatic heterocycles. The summed E-state index contributed by atoms with van der Waals surface area (Å²) in [7, 11) is 0. The summed E-state index contributed by atoms with van der Waals surface area (Å²) in [5.74, 6) is 0. The van der Waals surface area contributed by atoms with E-state index in [2.05, 4.69) is 72.8 Å². The summed E-state index contributed by atoms with van der Waals surface area (Å²) in [5, 5.41) is 11.3. The Labute approximate surface area is 140 Å². The summed E-state index contributed by atoms with van der Waals surface area (Å²) in [5.41, 5.74) is 3.02. The Hall–Kier alpha value is -2.86. The Bertz CT molecular complexity index is 1190. The van der Waals surface area contributed by atoms with E-state index in [0.717, 1.165) is 12.8 Å². The van der Waals surface area contributed by atoms with Crippen LogP contribution in [0.25, 0.3) is 43.1 Å². The number of fused-ring (bicyclic) bond motifs is 4. The third kappa shape index (κ3) is 1.48. The first kappa shape index (κ1) is 12.5. The smallest absolute Gasteiger partial charge is 0.00637 e. The van der Waals surface area contributed by atoms with Crippen LogP contribution >= 0.6 is 0 Å². The summed E-state index contributed by atoms with van der Waals surface area (Å²) in [6.45, 7) is 0.